The smallest absolute Gasteiger partial charge is 0.312 e. The molecule has 4 fully saturated rings. The first kappa shape index (κ1) is 14.4. The Morgan fingerprint density at radius 3 is 2.63 bits per heavy atom. The van der Waals surface area contributed by atoms with Gasteiger partial charge in [0.2, 0.25) is 0 Å². The molecule has 1 N–H and O–H groups in total. The van der Waals surface area contributed by atoms with E-state index in [1.807, 2.05) is 0 Å². The van der Waals surface area contributed by atoms with Crippen LogP contribution in [0.5, 0.6) is 0 Å². The van der Waals surface area contributed by atoms with Gasteiger partial charge in [0.05, 0.1) is 12.0 Å². The molecule has 108 valence electrons. The summed E-state index contributed by atoms with van der Waals surface area (Å²) < 4.78 is 5.14. The molecule has 1 saturated heterocycles. The number of unbranched alkanes of at least 4 members (excludes halogenated alkanes) is 2. The Bertz CT molecular complexity index is 368. The first-order valence-corrected chi connectivity index (χ1v) is 7.33. The van der Waals surface area contributed by atoms with Crippen LogP contribution in [0.15, 0.2) is 0 Å². The maximum atomic E-state index is 11.4. The monoisotopic (exact) mass is 268 g/mol. The third-order valence-electron chi connectivity index (χ3n) is 4.97. The second-order valence-corrected chi connectivity index (χ2v) is 6.54. The number of rotatable bonds is 4. The first-order chi connectivity index (χ1) is 8.94. The van der Waals surface area contributed by atoms with E-state index in [4.69, 9.17) is 9.84 Å². The Hall–Kier alpha value is -1.06. The lowest BCUT2D eigenvalue weighted by atomic mass is 9.58. The Balaban J connectivity index is 0.000000151. The van der Waals surface area contributed by atoms with Gasteiger partial charge in [-0.25, -0.2) is 0 Å². The molecule has 0 radical (unpaired) electrons. The molecule has 1 atom stereocenters. The number of ether oxygens (including phenoxy) is 1. The van der Waals surface area contributed by atoms with Crippen molar-refractivity contribution in [2.45, 2.75) is 58.8 Å². The van der Waals surface area contributed by atoms with Gasteiger partial charge < -0.3 is 9.84 Å². The van der Waals surface area contributed by atoms with Gasteiger partial charge in [0, 0.05) is 11.8 Å². The van der Waals surface area contributed by atoms with Crippen LogP contribution in [0.4, 0.5) is 0 Å². The fourth-order valence-electron chi connectivity index (χ4n) is 4.02. The maximum Gasteiger partial charge on any atom is 0.312 e. The summed E-state index contributed by atoms with van der Waals surface area (Å²) in [6.07, 6.45) is 6.75. The first-order valence-electron chi connectivity index (χ1n) is 7.33. The maximum absolute atomic E-state index is 11.4. The van der Waals surface area contributed by atoms with Gasteiger partial charge >= 0.3 is 11.9 Å². The summed E-state index contributed by atoms with van der Waals surface area (Å²) in [5.74, 6) is -0.0136. The number of hydrogen-bond donors (Lipinski definition) is 1. The lowest BCUT2D eigenvalue weighted by Crippen LogP contribution is -2.53. The molecule has 0 aromatic rings. The van der Waals surface area contributed by atoms with E-state index in [0.717, 1.165) is 32.1 Å². The zero-order chi connectivity index (χ0) is 14.1. The topological polar surface area (TPSA) is 63.6 Å². The molecule has 4 heteroatoms. The molecule has 4 aliphatic rings. The molecule has 19 heavy (non-hydrogen) atoms. The normalized spacial score (nSPS) is 37.8. The highest BCUT2D eigenvalue weighted by Crippen LogP contribution is 2.72. The average molecular weight is 268 g/mol. The highest BCUT2D eigenvalue weighted by Gasteiger charge is 2.72. The number of carbonyl (C=O) groups is 2. The molecule has 1 unspecified atom stereocenters. The van der Waals surface area contributed by atoms with Crippen molar-refractivity contribution in [3.63, 3.8) is 0 Å². The second kappa shape index (κ2) is 5.14. The van der Waals surface area contributed by atoms with E-state index in [1.165, 1.54) is 6.42 Å². The quantitative estimate of drug-likeness (QED) is 0.629. The van der Waals surface area contributed by atoms with E-state index < -0.39 is 5.97 Å². The SMILES string of the molecule is CC1CC23COC(=O)C1(C2)C3.CCCCCC(=O)O. The molecule has 1 aliphatic heterocycles. The number of carboxylic acids is 1. The van der Waals surface area contributed by atoms with E-state index in [2.05, 4.69) is 13.8 Å². The molecule has 3 saturated carbocycles. The summed E-state index contributed by atoms with van der Waals surface area (Å²) in [5, 5.41) is 8.14. The predicted molar refractivity (Wildman–Crippen MR) is 70.6 cm³/mol. The predicted octanol–water partition coefficient (Wildman–Crippen LogP) is 3.00. The third-order valence-corrected chi connectivity index (χ3v) is 4.97. The number of aliphatic carboxylic acids is 1. The fraction of sp³-hybridized carbons (Fsp3) is 0.867. The van der Waals surface area contributed by atoms with E-state index >= 15 is 0 Å². The Labute approximate surface area is 114 Å². The minimum atomic E-state index is -0.682. The number of fused-ring (bicyclic) bond motifs is 1. The summed E-state index contributed by atoms with van der Waals surface area (Å²) in [5.41, 5.74) is 0.422. The third kappa shape index (κ3) is 2.49. The van der Waals surface area contributed by atoms with Crippen LogP contribution in [0.25, 0.3) is 0 Å². The van der Waals surface area contributed by atoms with Crippen LogP contribution in [0.3, 0.4) is 0 Å². The summed E-state index contributed by atoms with van der Waals surface area (Å²) in [6, 6.07) is 0. The van der Waals surface area contributed by atoms with Crippen molar-refractivity contribution in [3.8, 4) is 0 Å². The average Bonchev–Trinajstić information content (AvgIpc) is 2.70. The van der Waals surface area contributed by atoms with Gasteiger partial charge in [-0.2, -0.15) is 0 Å². The summed E-state index contributed by atoms with van der Waals surface area (Å²) in [6.45, 7) is 4.96. The molecular weight excluding hydrogens is 244 g/mol. The zero-order valence-electron chi connectivity index (χ0n) is 11.9. The number of cyclic esters (lactones) is 1. The van der Waals surface area contributed by atoms with Crippen molar-refractivity contribution in [1.29, 1.82) is 0 Å². The van der Waals surface area contributed by atoms with Crippen molar-refractivity contribution >= 4 is 11.9 Å². The fourth-order valence-corrected chi connectivity index (χ4v) is 4.02. The Kier molecular flexibility index (Phi) is 3.88. The lowest BCUT2D eigenvalue weighted by molar-refractivity contribution is -0.191. The number of carbonyl (C=O) groups excluding carboxylic acids is 1. The van der Waals surface area contributed by atoms with Gasteiger partial charge in [0.1, 0.15) is 0 Å². The molecule has 0 aromatic carbocycles. The van der Waals surface area contributed by atoms with Crippen molar-refractivity contribution in [2.75, 3.05) is 6.61 Å². The molecule has 0 amide bonds. The molecule has 3 aliphatic carbocycles. The minimum absolute atomic E-state index is 0.0156. The molecule has 0 spiro atoms. The highest BCUT2D eigenvalue weighted by atomic mass is 16.5. The van der Waals surface area contributed by atoms with Crippen molar-refractivity contribution in [2.24, 2.45) is 16.7 Å². The van der Waals surface area contributed by atoms with Crippen LogP contribution in [-0.4, -0.2) is 23.7 Å². The van der Waals surface area contributed by atoms with Crippen molar-refractivity contribution < 1.29 is 19.4 Å². The van der Waals surface area contributed by atoms with E-state index in [9.17, 15) is 9.59 Å². The molecule has 0 aromatic heterocycles. The molecule has 4 nitrogen and oxygen atoms in total. The van der Waals surface area contributed by atoms with Gasteiger partial charge in [-0.3, -0.25) is 9.59 Å². The van der Waals surface area contributed by atoms with Crippen molar-refractivity contribution in [1.82, 2.24) is 0 Å². The van der Waals surface area contributed by atoms with Crippen LogP contribution in [-0.2, 0) is 14.3 Å². The van der Waals surface area contributed by atoms with Gasteiger partial charge in [-0.1, -0.05) is 26.7 Å². The lowest BCUT2D eigenvalue weighted by Gasteiger charge is -2.50. The van der Waals surface area contributed by atoms with Crippen LogP contribution < -0.4 is 0 Å². The van der Waals surface area contributed by atoms with Crippen LogP contribution in [0.1, 0.15) is 58.8 Å². The van der Waals surface area contributed by atoms with Gasteiger partial charge in [0.25, 0.3) is 0 Å². The van der Waals surface area contributed by atoms with Gasteiger partial charge in [-0.15, -0.1) is 0 Å². The summed E-state index contributed by atoms with van der Waals surface area (Å²) in [4.78, 5) is 21.3. The van der Waals surface area contributed by atoms with Gasteiger partial charge in [0.15, 0.2) is 0 Å². The largest absolute Gasteiger partial charge is 0.481 e. The van der Waals surface area contributed by atoms with Gasteiger partial charge in [-0.05, 0) is 31.6 Å². The Morgan fingerprint density at radius 2 is 2.11 bits per heavy atom. The standard InChI is InChI=1S/C9H12O2.C6H12O2/c1-6-2-8-3-9(6,4-8)7(10)11-5-8;1-2-3-4-5-6(7)8/h6H,2-5H2,1H3;2-5H2,1H3,(H,7,8). The number of esters is 1. The van der Waals surface area contributed by atoms with Crippen molar-refractivity contribution in [3.05, 3.63) is 0 Å². The minimum Gasteiger partial charge on any atom is -0.481 e. The highest BCUT2D eigenvalue weighted by molar-refractivity contribution is 5.81. The number of hydrogen-bond acceptors (Lipinski definition) is 3. The second-order valence-electron chi connectivity index (χ2n) is 6.54. The Morgan fingerprint density at radius 1 is 1.42 bits per heavy atom. The zero-order valence-corrected chi connectivity index (χ0v) is 11.9. The number of carboxylic acid groups (broad SMARTS) is 1. The molecule has 2 bridgehead atoms. The van der Waals surface area contributed by atoms with Crippen LogP contribution in [0, 0.1) is 16.7 Å². The van der Waals surface area contributed by atoms with Crippen LogP contribution >= 0.6 is 0 Å². The van der Waals surface area contributed by atoms with E-state index in [-0.39, 0.29) is 11.4 Å². The van der Waals surface area contributed by atoms with Crippen LogP contribution in [0.2, 0.25) is 0 Å². The molecule has 1 heterocycles. The molecular formula is C15H24O4. The summed E-state index contributed by atoms with van der Waals surface area (Å²) >= 11 is 0. The molecule has 4 rings (SSSR count). The summed E-state index contributed by atoms with van der Waals surface area (Å²) in [7, 11) is 0. The van der Waals surface area contributed by atoms with E-state index in [0.29, 0.717) is 24.4 Å². The van der Waals surface area contributed by atoms with E-state index in [1.54, 1.807) is 0 Å².